The highest BCUT2D eigenvalue weighted by Crippen LogP contribution is 2.36. The fraction of sp³-hybridized carbons (Fsp3) is 0.206. The molecule has 4 aromatic carbocycles. The number of aryl methyl sites for hydroxylation is 1. The number of carbonyl (C=O) groups is 2. The Labute approximate surface area is 239 Å². The van der Waals surface area contributed by atoms with E-state index in [2.05, 4.69) is 11.4 Å². The van der Waals surface area contributed by atoms with Crippen LogP contribution in [0.15, 0.2) is 97.1 Å². The van der Waals surface area contributed by atoms with Gasteiger partial charge in [-0.25, -0.2) is 0 Å². The lowest BCUT2D eigenvalue weighted by Gasteiger charge is -2.27. The molecular formula is C34H30N2O5. The number of esters is 1. The van der Waals surface area contributed by atoms with E-state index >= 15 is 0 Å². The minimum atomic E-state index is -0.644. The van der Waals surface area contributed by atoms with Gasteiger partial charge >= 0.3 is 5.97 Å². The van der Waals surface area contributed by atoms with Crippen LogP contribution in [0.4, 0.5) is 0 Å². The number of nitriles is 1. The van der Waals surface area contributed by atoms with Crippen LogP contribution >= 0.6 is 0 Å². The van der Waals surface area contributed by atoms with Gasteiger partial charge in [-0.1, -0.05) is 60.7 Å². The van der Waals surface area contributed by atoms with Gasteiger partial charge in [-0.15, -0.1) is 0 Å². The molecule has 206 valence electrons. The van der Waals surface area contributed by atoms with Gasteiger partial charge in [-0.05, 0) is 77.9 Å². The first-order chi connectivity index (χ1) is 20.0. The quantitative estimate of drug-likeness (QED) is 0.256. The van der Waals surface area contributed by atoms with Crippen molar-refractivity contribution < 1.29 is 23.8 Å². The molecule has 0 spiro atoms. The predicted octanol–water partition coefficient (Wildman–Crippen LogP) is 5.72. The summed E-state index contributed by atoms with van der Waals surface area (Å²) in [4.78, 5) is 26.6. The zero-order valence-electron chi connectivity index (χ0n) is 22.7. The van der Waals surface area contributed by atoms with Crippen molar-refractivity contribution in [1.82, 2.24) is 5.32 Å². The number of hydrogen-bond acceptors (Lipinski definition) is 6. The summed E-state index contributed by atoms with van der Waals surface area (Å²) in [5.74, 6) is 0.0731. The third-order valence-corrected chi connectivity index (χ3v) is 7.26. The topological polar surface area (TPSA) is 97.7 Å². The molecule has 1 N–H and O–H groups in total. The fourth-order valence-electron chi connectivity index (χ4n) is 5.05. The van der Waals surface area contributed by atoms with Crippen molar-refractivity contribution in [3.05, 3.63) is 119 Å². The molecule has 7 heteroatoms. The highest BCUT2D eigenvalue weighted by atomic mass is 16.7. The zero-order chi connectivity index (χ0) is 28.6. The SMILES string of the molecule is COC(=O)C(Cc1cccc(C#N)c1)C(CCc1ccccc1)NC(=O)c1ccc(-c2ccc3c(c2)OCO3)cc1. The van der Waals surface area contributed by atoms with Crippen LogP contribution in [0.2, 0.25) is 0 Å². The molecule has 1 amide bonds. The van der Waals surface area contributed by atoms with E-state index < -0.39 is 17.9 Å². The molecule has 1 aliphatic heterocycles. The van der Waals surface area contributed by atoms with Crippen molar-refractivity contribution in [2.75, 3.05) is 13.9 Å². The first kappa shape index (κ1) is 27.5. The van der Waals surface area contributed by atoms with E-state index in [0.29, 0.717) is 41.9 Å². The van der Waals surface area contributed by atoms with Gasteiger partial charge in [-0.2, -0.15) is 5.26 Å². The second kappa shape index (κ2) is 12.8. The Morgan fingerprint density at radius 1 is 0.878 bits per heavy atom. The van der Waals surface area contributed by atoms with E-state index in [9.17, 15) is 14.9 Å². The Balaban J connectivity index is 1.37. The summed E-state index contributed by atoms with van der Waals surface area (Å²) in [6.07, 6.45) is 1.52. The number of fused-ring (bicyclic) bond motifs is 1. The van der Waals surface area contributed by atoms with Crippen molar-refractivity contribution in [3.8, 4) is 28.7 Å². The number of amides is 1. The van der Waals surface area contributed by atoms with E-state index in [1.165, 1.54) is 7.11 Å². The molecule has 2 unspecified atom stereocenters. The van der Waals surface area contributed by atoms with Crippen LogP contribution in [0, 0.1) is 17.2 Å². The lowest BCUT2D eigenvalue weighted by atomic mass is 9.87. The summed E-state index contributed by atoms with van der Waals surface area (Å²) in [6, 6.07) is 31.8. The van der Waals surface area contributed by atoms with Crippen molar-refractivity contribution in [3.63, 3.8) is 0 Å². The highest BCUT2D eigenvalue weighted by Gasteiger charge is 2.31. The van der Waals surface area contributed by atoms with Crippen molar-refractivity contribution >= 4 is 11.9 Å². The molecule has 1 aliphatic rings. The van der Waals surface area contributed by atoms with Crippen molar-refractivity contribution in [2.24, 2.45) is 5.92 Å². The van der Waals surface area contributed by atoms with Crippen LogP contribution in [0.5, 0.6) is 11.5 Å². The predicted molar refractivity (Wildman–Crippen MR) is 154 cm³/mol. The second-order valence-corrected chi connectivity index (χ2v) is 9.90. The van der Waals surface area contributed by atoms with Gasteiger partial charge < -0.3 is 19.5 Å². The number of hydrogen-bond donors (Lipinski definition) is 1. The molecule has 0 bridgehead atoms. The second-order valence-electron chi connectivity index (χ2n) is 9.90. The third-order valence-electron chi connectivity index (χ3n) is 7.26. The molecule has 1 heterocycles. The van der Waals surface area contributed by atoms with Crippen LogP contribution in [-0.2, 0) is 22.4 Å². The van der Waals surface area contributed by atoms with E-state index in [-0.39, 0.29) is 12.7 Å². The number of carbonyl (C=O) groups excluding carboxylic acids is 2. The maximum atomic E-state index is 13.5. The van der Waals surface area contributed by atoms with Gasteiger partial charge in [-0.3, -0.25) is 9.59 Å². The first-order valence-electron chi connectivity index (χ1n) is 13.5. The molecule has 0 radical (unpaired) electrons. The summed E-state index contributed by atoms with van der Waals surface area (Å²) in [5, 5.41) is 12.5. The molecule has 2 atom stereocenters. The number of ether oxygens (including phenoxy) is 3. The van der Waals surface area contributed by atoms with E-state index in [1.807, 2.05) is 66.7 Å². The molecule has 41 heavy (non-hydrogen) atoms. The van der Waals surface area contributed by atoms with Crippen LogP contribution in [-0.4, -0.2) is 31.8 Å². The van der Waals surface area contributed by atoms with Crippen molar-refractivity contribution in [2.45, 2.75) is 25.3 Å². The van der Waals surface area contributed by atoms with Gasteiger partial charge in [0.1, 0.15) is 0 Å². The number of nitrogens with one attached hydrogen (secondary N) is 1. The summed E-state index contributed by atoms with van der Waals surface area (Å²) >= 11 is 0. The van der Waals surface area contributed by atoms with Gasteiger partial charge in [0, 0.05) is 11.6 Å². The Morgan fingerprint density at radius 3 is 2.37 bits per heavy atom. The molecule has 4 aromatic rings. The average molecular weight is 547 g/mol. The first-order valence-corrected chi connectivity index (χ1v) is 13.5. The molecule has 0 saturated heterocycles. The van der Waals surface area contributed by atoms with E-state index in [1.54, 1.807) is 30.3 Å². The molecule has 0 saturated carbocycles. The Hall–Kier alpha value is -5.09. The Morgan fingerprint density at radius 2 is 1.61 bits per heavy atom. The van der Waals surface area contributed by atoms with E-state index in [0.717, 1.165) is 22.3 Å². The summed E-state index contributed by atoms with van der Waals surface area (Å²) < 4.78 is 16.1. The molecule has 7 nitrogen and oxygen atoms in total. The zero-order valence-corrected chi connectivity index (χ0v) is 22.7. The largest absolute Gasteiger partial charge is 0.469 e. The molecule has 0 aromatic heterocycles. The number of rotatable bonds is 10. The van der Waals surface area contributed by atoms with Gasteiger partial charge in [0.05, 0.1) is 24.7 Å². The van der Waals surface area contributed by atoms with Gasteiger partial charge in [0.25, 0.3) is 5.91 Å². The lowest BCUT2D eigenvalue weighted by Crippen LogP contribution is -2.45. The third kappa shape index (κ3) is 6.74. The number of nitrogens with zero attached hydrogens (tertiary/aromatic N) is 1. The number of methoxy groups -OCH3 is 1. The van der Waals surface area contributed by atoms with Gasteiger partial charge in [0.2, 0.25) is 6.79 Å². The van der Waals surface area contributed by atoms with Crippen LogP contribution < -0.4 is 14.8 Å². The van der Waals surface area contributed by atoms with Crippen LogP contribution in [0.1, 0.15) is 33.5 Å². The highest BCUT2D eigenvalue weighted by molar-refractivity contribution is 5.95. The molecular weight excluding hydrogens is 516 g/mol. The maximum Gasteiger partial charge on any atom is 0.311 e. The normalized spacial score (nSPS) is 13.1. The van der Waals surface area contributed by atoms with Gasteiger partial charge in [0.15, 0.2) is 11.5 Å². The summed E-state index contributed by atoms with van der Waals surface area (Å²) in [7, 11) is 1.35. The Kier molecular flexibility index (Phi) is 8.61. The molecule has 0 aliphatic carbocycles. The number of benzene rings is 4. The summed E-state index contributed by atoms with van der Waals surface area (Å²) in [6.45, 7) is 0.208. The maximum absolute atomic E-state index is 13.5. The standard InChI is InChI=1S/C34H30N2O5/c1-39-34(38)29(19-24-8-5-9-25(18-24)21-35)30(16-10-23-6-3-2-4-7-23)36-33(37)27-13-11-26(12-14-27)28-15-17-31-32(20-28)41-22-40-31/h2-9,11-15,17-18,20,29-30H,10,16,19,22H2,1H3,(H,36,37). The fourth-order valence-corrected chi connectivity index (χ4v) is 5.05. The van der Waals surface area contributed by atoms with Crippen LogP contribution in [0.25, 0.3) is 11.1 Å². The van der Waals surface area contributed by atoms with E-state index in [4.69, 9.17) is 14.2 Å². The molecule has 0 fully saturated rings. The minimum Gasteiger partial charge on any atom is -0.469 e. The lowest BCUT2D eigenvalue weighted by molar-refractivity contribution is -0.146. The minimum absolute atomic E-state index is 0.208. The Bertz CT molecular complexity index is 1560. The summed E-state index contributed by atoms with van der Waals surface area (Å²) in [5.41, 5.74) is 4.81. The molecule has 5 rings (SSSR count). The van der Waals surface area contributed by atoms with Crippen molar-refractivity contribution in [1.29, 1.82) is 5.26 Å². The monoisotopic (exact) mass is 546 g/mol. The average Bonchev–Trinajstić information content (AvgIpc) is 3.50. The van der Waals surface area contributed by atoms with Crippen LogP contribution in [0.3, 0.4) is 0 Å². The smallest absolute Gasteiger partial charge is 0.311 e.